The molecule has 0 aromatic rings. The molecular weight excluding hydrogens is 304 g/mol. The lowest BCUT2D eigenvalue weighted by molar-refractivity contribution is -0.139. The molecule has 2 heterocycles. The van der Waals surface area contributed by atoms with Crippen molar-refractivity contribution in [1.82, 2.24) is 0 Å². The van der Waals surface area contributed by atoms with E-state index in [2.05, 4.69) is 13.2 Å². The molecule has 3 N–H and O–H groups in total. The van der Waals surface area contributed by atoms with Crippen molar-refractivity contribution in [2.24, 2.45) is 5.92 Å². The Kier molecular flexibility index (Phi) is 6.43. The van der Waals surface area contributed by atoms with Crippen molar-refractivity contribution >= 4 is 0 Å². The average Bonchev–Trinajstić information content (AvgIpc) is 2.51. The summed E-state index contributed by atoms with van der Waals surface area (Å²) in [6.45, 7) is 11.8. The van der Waals surface area contributed by atoms with Gasteiger partial charge in [-0.1, -0.05) is 24.8 Å². The number of aliphatic hydroxyl groups is 3. The van der Waals surface area contributed by atoms with E-state index in [0.29, 0.717) is 25.7 Å². The second-order valence-electron chi connectivity index (χ2n) is 7.67. The fraction of sp³-hybridized carbons (Fsp3) is 0.700. The molecule has 0 unspecified atom stereocenters. The smallest absolute Gasteiger partial charge is 0.0880 e. The Labute approximate surface area is 145 Å². The van der Waals surface area contributed by atoms with Gasteiger partial charge in [-0.2, -0.15) is 0 Å². The fourth-order valence-corrected chi connectivity index (χ4v) is 3.78. The highest BCUT2D eigenvalue weighted by atomic mass is 16.5. The molecule has 0 radical (unpaired) electrons. The van der Waals surface area contributed by atoms with E-state index in [0.717, 1.165) is 29.6 Å². The molecule has 0 aromatic carbocycles. The number of ether oxygens (including phenoxy) is 1. The Balaban J connectivity index is 2.30. The molecule has 5 atom stereocenters. The van der Waals surface area contributed by atoms with E-state index in [1.54, 1.807) is 6.08 Å². The number of rotatable bonds is 2. The van der Waals surface area contributed by atoms with Crippen molar-refractivity contribution in [3.8, 4) is 0 Å². The van der Waals surface area contributed by atoms with Gasteiger partial charge < -0.3 is 20.1 Å². The van der Waals surface area contributed by atoms with Gasteiger partial charge >= 0.3 is 0 Å². The average molecular weight is 336 g/mol. The van der Waals surface area contributed by atoms with Gasteiger partial charge in [0.05, 0.1) is 30.5 Å². The third-order valence-corrected chi connectivity index (χ3v) is 5.55. The first-order valence-corrected chi connectivity index (χ1v) is 8.94. The Hall–Kier alpha value is -0.940. The zero-order chi connectivity index (χ0) is 17.9. The number of aliphatic hydroxyl groups excluding tert-OH is 2. The van der Waals surface area contributed by atoms with Crippen LogP contribution in [0.25, 0.3) is 0 Å². The van der Waals surface area contributed by atoms with E-state index in [1.807, 2.05) is 13.8 Å². The molecular formula is C20H32O4. The van der Waals surface area contributed by atoms with Crippen LogP contribution in [0.4, 0.5) is 0 Å². The summed E-state index contributed by atoms with van der Waals surface area (Å²) in [4.78, 5) is 0. The summed E-state index contributed by atoms with van der Waals surface area (Å²) in [7, 11) is 0. The van der Waals surface area contributed by atoms with E-state index in [-0.39, 0.29) is 24.7 Å². The first-order valence-electron chi connectivity index (χ1n) is 8.94. The third-order valence-electron chi connectivity index (χ3n) is 5.55. The van der Waals surface area contributed by atoms with Crippen LogP contribution in [0.1, 0.15) is 52.4 Å². The molecule has 2 bridgehead atoms. The van der Waals surface area contributed by atoms with Crippen LogP contribution in [0, 0.1) is 5.92 Å². The van der Waals surface area contributed by atoms with Crippen molar-refractivity contribution in [2.45, 2.75) is 76.3 Å². The van der Waals surface area contributed by atoms with Crippen molar-refractivity contribution in [1.29, 1.82) is 0 Å². The fourth-order valence-electron chi connectivity index (χ4n) is 3.78. The van der Waals surface area contributed by atoms with Gasteiger partial charge in [0, 0.05) is 5.92 Å². The first kappa shape index (κ1) is 19.4. The molecule has 2 aliphatic rings. The highest BCUT2D eigenvalue weighted by Gasteiger charge is 2.39. The lowest BCUT2D eigenvalue weighted by Gasteiger charge is -2.41. The Bertz CT molecular complexity index is 506. The van der Waals surface area contributed by atoms with Crippen molar-refractivity contribution in [2.75, 3.05) is 6.61 Å². The van der Waals surface area contributed by atoms with Gasteiger partial charge in [-0.05, 0) is 63.5 Å². The molecule has 4 nitrogen and oxygen atoms in total. The van der Waals surface area contributed by atoms with E-state index in [4.69, 9.17) is 4.74 Å². The second kappa shape index (κ2) is 7.96. The lowest BCUT2D eigenvalue weighted by Crippen LogP contribution is -2.46. The minimum atomic E-state index is -0.935. The largest absolute Gasteiger partial charge is 0.392 e. The summed E-state index contributed by atoms with van der Waals surface area (Å²) >= 11 is 0. The van der Waals surface area contributed by atoms with Gasteiger partial charge in [-0.15, -0.1) is 0 Å². The van der Waals surface area contributed by atoms with E-state index < -0.39 is 11.7 Å². The van der Waals surface area contributed by atoms with Gasteiger partial charge in [0.1, 0.15) is 0 Å². The Morgan fingerprint density at radius 3 is 2.67 bits per heavy atom. The van der Waals surface area contributed by atoms with Crippen molar-refractivity contribution in [3.63, 3.8) is 0 Å². The van der Waals surface area contributed by atoms with Gasteiger partial charge in [-0.25, -0.2) is 0 Å². The van der Waals surface area contributed by atoms with E-state index in [9.17, 15) is 15.3 Å². The summed E-state index contributed by atoms with van der Waals surface area (Å²) in [5, 5.41) is 31.1. The molecule has 1 saturated heterocycles. The molecule has 1 fully saturated rings. The van der Waals surface area contributed by atoms with Crippen LogP contribution in [0.5, 0.6) is 0 Å². The highest BCUT2D eigenvalue weighted by molar-refractivity contribution is 5.15. The van der Waals surface area contributed by atoms with Crippen LogP contribution < -0.4 is 0 Å². The maximum Gasteiger partial charge on any atom is 0.0880 e. The number of fused-ring (bicyclic) bond motifs is 2. The predicted octanol–water partition coefficient (Wildman–Crippen LogP) is 2.89. The maximum atomic E-state index is 10.9. The molecule has 136 valence electrons. The zero-order valence-electron chi connectivity index (χ0n) is 15.0. The van der Waals surface area contributed by atoms with E-state index in [1.165, 1.54) is 0 Å². The molecule has 0 spiro atoms. The highest BCUT2D eigenvalue weighted by Crippen LogP contribution is 2.36. The summed E-state index contributed by atoms with van der Waals surface area (Å²) in [5.74, 6) is -0.133. The summed E-state index contributed by atoms with van der Waals surface area (Å²) in [6.07, 6.45) is 4.88. The molecule has 2 aliphatic heterocycles. The summed E-state index contributed by atoms with van der Waals surface area (Å²) < 4.78 is 6.16. The normalized spacial score (nSPS) is 38.7. The van der Waals surface area contributed by atoms with Gasteiger partial charge in [-0.3, -0.25) is 0 Å². The second-order valence-corrected chi connectivity index (χ2v) is 7.67. The Morgan fingerprint density at radius 2 is 2.04 bits per heavy atom. The van der Waals surface area contributed by atoms with Gasteiger partial charge in [0.15, 0.2) is 0 Å². The lowest BCUT2D eigenvalue weighted by atomic mass is 9.80. The molecule has 0 aromatic heterocycles. The SMILES string of the molecule is C=C(C)[C@H]1CC[C@@](C)(O)[C@H]2CCC(=C)[C@@H](CCC(CO)=C[C@@H]1O)O2. The van der Waals surface area contributed by atoms with Crippen molar-refractivity contribution < 1.29 is 20.1 Å². The van der Waals surface area contributed by atoms with Crippen LogP contribution in [0.15, 0.2) is 36.0 Å². The quantitative estimate of drug-likeness (QED) is 0.678. The summed E-state index contributed by atoms with van der Waals surface area (Å²) in [5.41, 5.74) is 1.82. The van der Waals surface area contributed by atoms with Crippen LogP contribution >= 0.6 is 0 Å². The monoisotopic (exact) mass is 336 g/mol. The van der Waals surface area contributed by atoms with Crippen LogP contribution in [-0.2, 0) is 4.74 Å². The van der Waals surface area contributed by atoms with Gasteiger partial charge in [0.2, 0.25) is 0 Å². The van der Waals surface area contributed by atoms with E-state index >= 15 is 0 Å². The molecule has 4 heteroatoms. The molecule has 2 rings (SSSR count). The van der Waals surface area contributed by atoms with Crippen LogP contribution in [0.3, 0.4) is 0 Å². The number of hydrogen-bond acceptors (Lipinski definition) is 4. The summed E-state index contributed by atoms with van der Waals surface area (Å²) in [6, 6.07) is 0. The standard InChI is InChI=1S/C20H32O4/c1-13(2)16-9-10-20(4,23)19-8-5-14(3)18(24-19)7-6-15(12-21)11-17(16)22/h11,16-19,21-23H,1,3,5-10,12H2,2,4H3/t16-,17+,18-,19-,20-/m1/s1. The van der Waals surface area contributed by atoms with Crippen LogP contribution in [-0.4, -0.2) is 45.8 Å². The minimum absolute atomic E-state index is 0.0691. The minimum Gasteiger partial charge on any atom is -0.392 e. The predicted molar refractivity (Wildman–Crippen MR) is 95.6 cm³/mol. The maximum absolute atomic E-state index is 10.9. The molecule has 0 saturated carbocycles. The zero-order valence-corrected chi connectivity index (χ0v) is 15.0. The Morgan fingerprint density at radius 1 is 1.33 bits per heavy atom. The first-order chi connectivity index (χ1) is 11.2. The third kappa shape index (κ3) is 4.57. The molecule has 0 aliphatic carbocycles. The van der Waals surface area contributed by atoms with Gasteiger partial charge in [0.25, 0.3) is 0 Å². The number of hydrogen-bond donors (Lipinski definition) is 3. The topological polar surface area (TPSA) is 69.9 Å². The van der Waals surface area contributed by atoms with Crippen molar-refractivity contribution in [3.05, 3.63) is 36.0 Å². The van der Waals surface area contributed by atoms with Crippen LogP contribution in [0.2, 0.25) is 0 Å². The molecule has 0 amide bonds. The molecule has 24 heavy (non-hydrogen) atoms.